The highest BCUT2D eigenvalue weighted by molar-refractivity contribution is 5.77. The Morgan fingerprint density at radius 1 is 1.35 bits per heavy atom. The van der Waals surface area contributed by atoms with Crippen LogP contribution in [0.2, 0.25) is 0 Å². The molecule has 0 saturated carbocycles. The number of para-hydroxylation sites is 1. The highest BCUT2D eigenvalue weighted by Crippen LogP contribution is 2.29. The minimum atomic E-state index is -0.137. The van der Waals surface area contributed by atoms with Gasteiger partial charge in [-0.2, -0.15) is 4.98 Å². The SMILES string of the molecule is CCCCNC(=O)COc1ccccc1-c1nc(C(C)C)no1. The molecule has 0 atom stereocenters. The maximum atomic E-state index is 11.7. The third-order valence-electron chi connectivity index (χ3n) is 3.29. The summed E-state index contributed by atoms with van der Waals surface area (Å²) in [6.45, 7) is 6.71. The first-order valence-corrected chi connectivity index (χ1v) is 7.94. The number of carbonyl (C=O) groups is 1. The number of amides is 1. The van der Waals surface area contributed by atoms with Crippen molar-refractivity contribution in [1.82, 2.24) is 15.5 Å². The van der Waals surface area contributed by atoms with Gasteiger partial charge in [-0.3, -0.25) is 4.79 Å². The van der Waals surface area contributed by atoms with Crippen LogP contribution in [0, 0.1) is 0 Å². The molecule has 1 N–H and O–H groups in total. The fraction of sp³-hybridized carbons (Fsp3) is 0.471. The lowest BCUT2D eigenvalue weighted by Gasteiger charge is -2.09. The number of unbranched alkanes of at least 4 members (excludes halogenated alkanes) is 1. The van der Waals surface area contributed by atoms with Crippen LogP contribution in [0.3, 0.4) is 0 Å². The van der Waals surface area contributed by atoms with E-state index >= 15 is 0 Å². The Kier molecular flexibility index (Phi) is 6.14. The molecule has 2 aromatic rings. The second kappa shape index (κ2) is 8.31. The first-order valence-electron chi connectivity index (χ1n) is 7.94. The van der Waals surface area contributed by atoms with E-state index in [1.165, 1.54) is 0 Å². The van der Waals surface area contributed by atoms with E-state index in [1.807, 2.05) is 32.0 Å². The second-order valence-electron chi connectivity index (χ2n) is 5.60. The van der Waals surface area contributed by atoms with E-state index in [0.29, 0.717) is 29.6 Å². The Morgan fingerprint density at radius 2 is 2.13 bits per heavy atom. The predicted octanol–water partition coefficient (Wildman–Crippen LogP) is 3.16. The van der Waals surface area contributed by atoms with Gasteiger partial charge in [0.1, 0.15) is 5.75 Å². The van der Waals surface area contributed by atoms with Gasteiger partial charge in [-0.1, -0.05) is 44.5 Å². The van der Waals surface area contributed by atoms with Gasteiger partial charge in [-0.15, -0.1) is 0 Å². The Hall–Kier alpha value is -2.37. The van der Waals surface area contributed by atoms with Gasteiger partial charge in [0.05, 0.1) is 5.56 Å². The van der Waals surface area contributed by atoms with Crippen molar-refractivity contribution >= 4 is 5.91 Å². The van der Waals surface area contributed by atoms with Gasteiger partial charge in [-0.25, -0.2) is 0 Å². The molecule has 2 rings (SSSR count). The normalized spacial score (nSPS) is 10.8. The molecule has 0 aliphatic heterocycles. The number of nitrogens with zero attached hydrogens (tertiary/aromatic N) is 2. The standard InChI is InChI=1S/C17H23N3O3/c1-4-5-10-18-15(21)11-22-14-9-7-6-8-13(14)17-19-16(12(2)3)20-23-17/h6-9,12H,4-5,10-11H2,1-3H3,(H,18,21). The highest BCUT2D eigenvalue weighted by Gasteiger charge is 2.16. The molecule has 6 nitrogen and oxygen atoms in total. The molecule has 0 aliphatic rings. The van der Waals surface area contributed by atoms with Gasteiger partial charge >= 0.3 is 0 Å². The summed E-state index contributed by atoms with van der Waals surface area (Å²) in [5.74, 6) is 1.64. The molecule has 124 valence electrons. The summed E-state index contributed by atoms with van der Waals surface area (Å²) >= 11 is 0. The van der Waals surface area contributed by atoms with E-state index in [9.17, 15) is 4.79 Å². The van der Waals surface area contributed by atoms with Gasteiger partial charge in [0.15, 0.2) is 12.4 Å². The van der Waals surface area contributed by atoms with Crippen LogP contribution < -0.4 is 10.1 Å². The molecule has 0 bridgehead atoms. The van der Waals surface area contributed by atoms with Crippen LogP contribution in [0.4, 0.5) is 0 Å². The molecule has 0 unspecified atom stereocenters. The van der Waals surface area contributed by atoms with Crippen LogP contribution in [-0.2, 0) is 4.79 Å². The van der Waals surface area contributed by atoms with Crippen LogP contribution in [-0.4, -0.2) is 29.2 Å². The zero-order valence-electron chi connectivity index (χ0n) is 13.8. The van der Waals surface area contributed by atoms with E-state index < -0.39 is 0 Å². The van der Waals surface area contributed by atoms with Crippen molar-refractivity contribution in [2.24, 2.45) is 0 Å². The Balaban J connectivity index is 2.04. The van der Waals surface area contributed by atoms with Crippen molar-refractivity contribution in [3.63, 3.8) is 0 Å². The summed E-state index contributed by atoms with van der Waals surface area (Å²) in [5, 5.41) is 6.77. The number of hydrogen-bond donors (Lipinski definition) is 1. The smallest absolute Gasteiger partial charge is 0.261 e. The van der Waals surface area contributed by atoms with Crippen molar-refractivity contribution < 1.29 is 14.1 Å². The molecule has 0 fully saturated rings. The van der Waals surface area contributed by atoms with Crippen molar-refractivity contribution in [1.29, 1.82) is 0 Å². The molecular formula is C17H23N3O3. The third-order valence-corrected chi connectivity index (χ3v) is 3.29. The van der Waals surface area contributed by atoms with Gasteiger partial charge < -0.3 is 14.6 Å². The minimum absolute atomic E-state index is 0.0358. The zero-order valence-corrected chi connectivity index (χ0v) is 13.8. The van der Waals surface area contributed by atoms with Crippen LogP contribution in [0.1, 0.15) is 45.4 Å². The van der Waals surface area contributed by atoms with E-state index in [2.05, 4.69) is 22.4 Å². The van der Waals surface area contributed by atoms with Gasteiger partial charge in [-0.05, 0) is 18.6 Å². The summed E-state index contributed by atoms with van der Waals surface area (Å²) in [4.78, 5) is 16.1. The Bertz CT molecular complexity index is 638. The molecule has 0 saturated heterocycles. The summed E-state index contributed by atoms with van der Waals surface area (Å²) in [6.07, 6.45) is 2.00. The van der Waals surface area contributed by atoms with E-state index in [-0.39, 0.29) is 18.4 Å². The molecule has 23 heavy (non-hydrogen) atoms. The van der Waals surface area contributed by atoms with E-state index in [1.54, 1.807) is 6.07 Å². The summed E-state index contributed by atoms with van der Waals surface area (Å²) in [7, 11) is 0. The lowest BCUT2D eigenvalue weighted by atomic mass is 10.2. The molecule has 1 aromatic carbocycles. The van der Waals surface area contributed by atoms with Crippen molar-refractivity contribution in [3.8, 4) is 17.2 Å². The van der Waals surface area contributed by atoms with E-state index in [0.717, 1.165) is 12.8 Å². The van der Waals surface area contributed by atoms with Gasteiger partial charge in [0.25, 0.3) is 11.8 Å². The zero-order chi connectivity index (χ0) is 16.7. The lowest BCUT2D eigenvalue weighted by molar-refractivity contribution is -0.123. The lowest BCUT2D eigenvalue weighted by Crippen LogP contribution is -2.29. The molecule has 1 amide bonds. The molecule has 0 spiro atoms. The average molecular weight is 317 g/mol. The fourth-order valence-corrected chi connectivity index (χ4v) is 1.95. The minimum Gasteiger partial charge on any atom is -0.483 e. The Morgan fingerprint density at radius 3 is 2.83 bits per heavy atom. The van der Waals surface area contributed by atoms with Crippen LogP contribution in [0.5, 0.6) is 5.75 Å². The number of rotatable bonds is 8. The summed E-state index contributed by atoms with van der Waals surface area (Å²) in [6, 6.07) is 7.33. The molecule has 0 radical (unpaired) electrons. The van der Waals surface area contributed by atoms with Crippen molar-refractivity contribution in [3.05, 3.63) is 30.1 Å². The third kappa shape index (κ3) is 4.81. The van der Waals surface area contributed by atoms with Crippen molar-refractivity contribution in [2.75, 3.05) is 13.2 Å². The monoisotopic (exact) mass is 317 g/mol. The number of hydrogen-bond acceptors (Lipinski definition) is 5. The maximum Gasteiger partial charge on any atom is 0.261 e. The molecular weight excluding hydrogens is 294 g/mol. The van der Waals surface area contributed by atoms with E-state index in [4.69, 9.17) is 9.26 Å². The van der Waals surface area contributed by atoms with Crippen LogP contribution >= 0.6 is 0 Å². The molecule has 1 heterocycles. The number of nitrogens with one attached hydrogen (secondary N) is 1. The summed E-state index contributed by atoms with van der Waals surface area (Å²) < 4.78 is 10.9. The molecule has 0 aliphatic carbocycles. The van der Waals surface area contributed by atoms with Crippen LogP contribution in [0.15, 0.2) is 28.8 Å². The van der Waals surface area contributed by atoms with Gasteiger partial charge in [0.2, 0.25) is 0 Å². The fourth-order valence-electron chi connectivity index (χ4n) is 1.95. The highest BCUT2D eigenvalue weighted by atomic mass is 16.5. The van der Waals surface area contributed by atoms with Crippen LogP contribution in [0.25, 0.3) is 11.5 Å². The van der Waals surface area contributed by atoms with Crippen molar-refractivity contribution in [2.45, 2.75) is 39.5 Å². The average Bonchev–Trinajstić information content (AvgIpc) is 3.03. The summed E-state index contributed by atoms with van der Waals surface area (Å²) in [5.41, 5.74) is 0.688. The predicted molar refractivity (Wildman–Crippen MR) is 87.2 cm³/mol. The molecule has 6 heteroatoms. The largest absolute Gasteiger partial charge is 0.483 e. The first-order chi connectivity index (χ1) is 11.1. The number of ether oxygens (including phenoxy) is 1. The van der Waals surface area contributed by atoms with Gasteiger partial charge in [0, 0.05) is 12.5 Å². The number of benzene rings is 1. The Labute approximate surface area is 136 Å². The quantitative estimate of drug-likeness (QED) is 0.757. The number of aromatic nitrogens is 2. The first kappa shape index (κ1) is 17.0. The molecule has 1 aromatic heterocycles. The maximum absolute atomic E-state index is 11.7. The second-order valence-corrected chi connectivity index (χ2v) is 5.60. The number of carbonyl (C=O) groups excluding carboxylic acids is 1. The topological polar surface area (TPSA) is 77.2 Å².